The smallest absolute Gasteiger partial charge is 0.303 e. The van der Waals surface area contributed by atoms with Crippen molar-refractivity contribution in [3.8, 4) is 16.4 Å². The minimum absolute atomic E-state index is 0.0299. The lowest BCUT2D eigenvalue weighted by atomic mass is 9.96. The molecule has 7 nitrogen and oxygen atoms in total. The van der Waals surface area contributed by atoms with Gasteiger partial charge in [-0.2, -0.15) is 0 Å². The van der Waals surface area contributed by atoms with Gasteiger partial charge >= 0.3 is 5.97 Å². The van der Waals surface area contributed by atoms with Crippen LogP contribution in [0.4, 0.5) is 5.69 Å². The molecule has 164 valence electrons. The standard InChI is InChI=1S/C22H23NO6S2/c1-3-28-16-6-7-18-17(12-16)15(5-10-21(24)25)13-23(18)31(26,27)22-11-9-20(30-22)19-8-4-14(2)29-19/h4,6-9,11-12,15H,3,5,10,13H2,1-2H3,(H,24,25). The molecular weight excluding hydrogens is 438 g/mol. The summed E-state index contributed by atoms with van der Waals surface area (Å²) < 4.78 is 39.8. The Kier molecular flexibility index (Phi) is 5.81. The van der Waals surface area contributed by atoms with E-state index in [1.807, 2.05) is 32.0 Å². The number of benzene rings is 1. The summed E-state index contributed by atoms with van der Waals surface area (Å²) in [6.07, 6.45) is 0.323. The number of rotatable bonds is 8. The number of aliphatic carboxylic acids is 1. The fourth-order valence-electron chi connectivity index (χ4n) is 3.78. The molecule has 0 fully saturated rings. The number of furan rings is 1. The molecule has 0 bridgehead atoms. The highest BCUT2D eigenvalue weighted by molar-refractivity contribution is 7.94. The number of hydrogen-bond donors (Lipinski definition) is 1. The van der Waals surface area contributed by atoms with E-state index >= 15 is 0 Å². The summed E-state index contributed by atoms with van der Waals surface area (Å²) in [4.78, 5) is 11.8. The average molecular weight is 462 g/mol. The van der Waals surface area contributed by atoms with E-state index in [9.17, 15) is 13.2 Å². The molecule has 1 aliphatic rings. The number of aryl methyl sites for hydroxylation is 1. The van der Waals surface area contributed by atoms with E-state index in [-0.39, 0.29) is 23.1 Å². The van der Waals surface area contributed by atoms with Gasteiger partial charge in [0.05, 0.1) is 17.2 Å². The highest BCUT2D eigenvalue weighted by atomic mass is 32.2. The zero-order valence-electron chi connectivity index (χ0n) is 17.2. The van der Waals surface area contributed by atoms with Gasteiger partial charge in [-0.15, -0.1) is 11.3 Å². The number of hydrogen-bond acceptors (Lipinski definition) is 6. The largest absolute Gasteiger partial charge is 0.494 e. The maximum atomic E-state index is 13.5. The Hall–Kier alpha value is -2.78. The van der Waals surface area contributed by atoms with Gasteiger partial charge in [0, 0.05) is 18.9 Å². The minimum Gasteiger partial charge on any atom is -0.494 e. The summed E-state index contributed by atoms with van der Waals surface area (Å²) in [5, 5.41) is 9.11. The van der Waals surface area contributed by atoms with Crippen LogP contribution in [0.5, 0.6) is 5.75 Å². The Morgan fingerprint density at radius 1 is 1.26 bits per heavy atom. The Morgan fingerprint density at radius 2 is 2.06 bits per heavy atom. The first-order chi connectivity index (χ1) is 14.8. The molecule has 0 spiro atoms. The summed E-state index contributed by atoms with van der Waals surface area (Å²) >= 11 is 1.16. The number of ether oxygens (including phenoxy) is 1. The first kappa shape index (κ1) is 21.5. The van der Waals surface area contributed by atoms with Gasteiger partial charge in [0.25, 0.3) is 10.0 Å². The topological polar surface area (TPSA) is 97.0 Å². The molecule has 2 aromatic heterocycles. The first-order valence-corrected chi connectivity index (χ1v) is 12.2. The summed E-state index contributed by atoms with van der Waals surface area (Å²) in [7, 11) is -3.81. The summed E-state index contributed by atoms with van der Waals surface area (Å²) in [5.74, 6) is 0.917. The maximum Gasteiger partial charge on any atom is 0.303 e. The lowest BCUT2D eigenvalue weighted by Gasteiger charge is -2.19. The van der Waals surface area contributed by atoms with Crippen molar-refractivity contribution in [1.82, 2.24) is 0 Å². The Bertz CT molecular complexity index is 1210. The molecule has 1 N–H and O–H groups in total. The number of sulfonamides is 1. The summed E-state index contributed by atoms with van der Waals surface area (Å²) in [5.41, 5.74) is 1.37. The number of carboxylic acid groups (broad SMARTS) is 1. The first-order valence-electron chi connectivity index (χ1n) is 9.97. The molecule has 0 saturated carbocycles. The second-order valence-corrected chi connectivity index (χ2v) is 10.5. The molecule has 0 amide bonds. The van der Waals surface area contributed by atoms with Crippen LogP contribution < -0.4 is 9.04 Å². The zero-order chi connectivity index (χ0) is 22.2. The van der Waals surface area contributed by atoms with Gasteiger partial charge in [0.1, 0.15) is 21.5 Å². The number of anilines is 1. The molecule has 1 atom stereocenters. The minimum atomic E-state index is -3.81. The van der Waals surface area contributed by atoms with Crippen LogP contribution in [0, 0.1) is 6.92 Å². The Balaban J connectivity index is 1.68. The van der Waals surface area contributed by atoms with Crippen LogP contribution >= 0.6 is 11.3 Å². The molecule has 1 unspecified atom stereocenters. The molecule has 1 aromatic carbocycles. The van der Waals surface area contributed by atoms with Crippen LogP contribution in [0.25, 0.3) is 10.6 Å². The van der Waals surface area contributed by atoms with Crippen molar-refractivity contribution >= 4 is 33.0 Å². The van der Waals surface area contributed by atoms with Gasteiger partial charge in [-0.05, 0) is 68.3 Å². The SMILES string of the molecule is CCOc1ccc2c(c1)C(CCC(=O)O)CN2S(=O)(=O)c1ccc(-c2ccc(C)o2)s1. The summed E-state index contributed by atoms with van der Waals surface area (Å²) in [6.45, 7) is 4.41. The third kappa shape index (κ3) is 4.20. The van der Waals surface area contributed by atoms with Crippen molar-refractivity contribution < 1.29 is 27.5 Å². The van der Waals surface area contributed by atoms with Crippen molar-refractivity contribution in [2.45, 2.75) is 36.8 Å². The van der Waals surface area contributed by atoms with Crippen LogP contribution in [0.1, 0.15) is 37.0 Å². The average Bonchev–Trinajstić information content (AvgIpc) is 3.45. The predicted molar refractivity (Wildman–Crippen MR) is 119 cm³/mol. The maximum absolute atomic E-state index is 13.5. The van der Waals surface area contributed by atoms with Gasteiger partial charge in [-0.25, -0.2) is 8.42 Å². The predicted octanol–water partition coefficient (Wildman–Crippen LogP) is 4.87. The molecular formula is C22H23NO6S2. The van der Waals surface area contributed by atoms with Gasteiger partial charge < -0.3 is 14.3 Å². The van der Waals surface area contributed by atoms with Crippen LogP contribution in [0.2, 0.25) is 0 Å². The van der Waals surface area contributed by atoms with Gasteiger partial charge in [0.2, 0.25) is 0 Å². The second kappa shape index (κ2) is 8.39. The van der Waals surface area contributed by atoms with E-state index in [4.69, 9.17) is 14.3 Å². The summed E-state index contributed by atoms with van der Waals surface area (Å²) in [6, 6.07) is 12.3. The van der Waals surface area contributed by atoms with Crippen LogP contribution in [0.3, 0.4) is 0 Å². The number of nitrogens with zero attached hydrogens (tertiary/aromatic N) is 1. The van der Waals surface area contributed by atoms with Crippen molar-refractivity contribution in [3.05, 3.63) is 53.8 Å². The molecule has 0 aliphatic carbocycles. The molecule has 1 aliphatic heterocycles. The molecule has 3 heterocycles. The van der Waals surface area contributed by atoms with Crippen molar-refractivity contribution in [3.63, 3.8) is 0 Å². The van der Waals surface area contributed by atoms with E-state index in [1.165, 1.54) is 4.31 Å². The highest BCUT2D eigenvalue weighted by Gasteiger charge is 2.37. The van der Waals surface area contributed by atoms with E-state index < -0.39 is 16.0 Å². The monoisotopic (exact) mass is 461 g/mol. The molecule has 3 aromatic rings. The van der Waals surface area contributed by atoms with E-state index in [0.717, 1.165) is 27.5 Å². The number of thiophene rings is 1. The van der Waals surface area contributed by atoms with Crippen molar-refractivity contribution in [2.75, 3.05) is 17.5 Å². The molecule has 0 radical (unpaired) electrons. The second-order valence-electron chi connectivity index (χ2n) is 7.35. The molecule has 0 saturated heterocycles. The fraction of sp³-hybridized carbons (Fsp3) is 0.318. The molecule has 4 rings (SSSR count). The molecule has 31 heavy (non-hydrogen) atoms. The van der Waals surface area contributed by atoms with Gasteiger partial charge in [-0.3, -0.25) is 9.10 Å². The lowest BCUT2D eigenvalue weighted by molar-refractivity contribution is -0.137. The van der Waals surface area contributed by atoms with Crippen LogP contribution in [0.15, 0.2) is 51.1 Å². The van der Waals surface area contributed by atoms with Crippen LogP contribution in [-0.4, -0.2) is 32.6 Å². The normalized spacial score (nSPS) is 15.8. The fourth-order valence-corrected chi connectivity index (χ4v) is 6.70. The van der Waals surface area contributed by atoms with Crippen molar-refractivity contribution in [2.24, 2.45) is 0 Å². The van der Waals surface area contributed by atoms with Crippen LogP contribution in [-0.2, 0) is 14.8 Å². The highest BCUT2D eigenvalue weighted by Crippen LogP contribution is 2.44. The quantitative estimate of drug-likeness (QED) is 0.514. The lowest BCUT2D eigenvalue weighted by Crippen LogP contribution is -2.29. The number of fused-ring (bicyclic) bond motifs is 1. The van der Waals surface area contributed by atoms with Gasteiger partial charge in [-0.1, -0.05) is 0 Å². The molecule has 9 heteroatoms. The zero-order valence-corrected chi connectivity index (χ0v) is 18.8. The van der Waals surface area contributed by atoms with E-state index in [0.29, 0.717) is 30.2 Å². The number of carboxylic acids is 1. The third-order valence-electron chi connectivity index (χ3n) is 5.22. The Morgan fingerprint density at radius 3 is 2.74 bits per heavy atom. The van der Waals surface area contributed by atoms with E-state index in [1.54, 1.807) is 24.3 Å². The third-order valence-corrected chi connectivity index (χ3v) is 8.57. The van der Waals surface area contributed by atoms with Crippen molar-refractivity contribution in [1.29, 1.82) is 0 Å². The Labute approximate surface area is 184 Å². The van der Waals surface area contributed by atoms with Gasteiger partial charge in [0.15, 0.2) is 0 Å². The number of carbonyl (C=O) groups is 1. The van der Waals surface area contributed by atoms with E-state index in [2.05, 4.69) is 0 Å².